The molecule has 1 heterocycles. The van der Waals surface area contributed by atoms with Crippen LogP contribution in [0.3, 0.4) is 0 Å². The number of nitrogens with one attached hydrogen (secondary N) is 1. The average Bonchev–Trinajstić information content (AvgIpc) is 2.93. The van der Waals surface area contributed by atoms with E-state index in [0.29, 0.717) is 16.6 Å². The molecule has 0 aliphatic heterocycles. The first-order valence-electron chi connectivity index (χ1n) is 7.71. The maximum Gasteiger partial charge on any atom is 0.311 e. The fourth-order valence-corrected chi connectivity index (χ4v) is 3.63. The van der Waals surface area contributed by atoms with E-state index in [-0.39, 0.29) is 24.2 Å². The molecule has 132 valence electrons. The third-order valence-corrected chi connectivity index (χ3v) is 5.70. The third-order valence-electron chi connectivity index (χ3n) is 3.58. The van der Waals surface area contributed by atoms with Crippen molar-refractivity contribution in [2.75, 3.05) is 6.61 Å². The van der Waals surface area contributed by atoms with Crippen molar-refractivity contribution < 1.29 is 14.3 Å². The minimum atomic E-state index is -0.899. The van der Waals surface area contributed by atoms with E-state index in [2.05, 4.69) is 16.4 Å². The molecule has 1 amide bonds. The summed E-state index contributed by atoms with van der Waals surface area (Å²) < 4.78 is 5.60. The monoisotopic (exact) mass is 369 g/mol. The number of hydrogen-bond acceptors (Lipinski definition) is 7. The summed E-state index contributed by atoms with van der Waals surface area (Å²) in [5, 5.41) is 13.5. The molecule has 0 bridgehead atoms. The Morgan fingerprint density at radius 3 is 2.71 bits per heavy atom. The molecule has 0 aliphatic rings. The molecular formula is C16H23N3O3S2. The predicted octanol–water partition coefficient (Wildman–Crippen LogP) is 2.78. The van der Waals surface area contributed by atoms with E-state index in [1.54, 1.807) is 26.2 Å². The van der Waals surface area contributed by atoms with Gasteiger partial charge in [0.2, 0.25) is 5.91 Å². The van der Waals surface area contributed by atoms with Crippen LogP contribution in [-0.2, 0) is 20.7 Å². The highest BCUT2D eigenvalue weighted by Gasteiger charge is 2.32. The van der Waals surface area contributed by atoms with Crippen molar-refractivity contribution in [2.24, 2.45) is 5.92 Å². The Morgan fingerprint density at radius 1 is 1.50 bits per heavy atom. The van der Waals surface area contributed by atoms with E-state index in [1.807, 2.05) is 13.8 Å². The Kier molecular flexibility index (Phi) is 7.70. The standard InChI is InChI=1S/C16H23N3O3S2/c1-6-22-13(20)7-12-8-23-15(18-12)24-11(4)14(21)19-16(5,9-17)10(2)3/h8,10-11H,6-7H2,1-5H3,(H,19,21)/t11-,16+/m1/s1. The van der Waals surface area contributed by atoms with E-state index < -0.39 is 10.8 Å². The van der Waals surface area contributed by atoms with E-state index >= 15 is 0 Å². The van der Waals surface area contributed by atoms with Crippen LogP contribution in [0.2, 0.25) is 0 Å². The Bertz CT molecular complexity index is 624. The number of amides is 1. The van der Waals surface area contributed by atoms with Gasteiger partial charge in [-0.05, 0) is 26.7 Å². The third kappa shape index (κ3) is 5.80. The molecule has 0 unspecified atom stereocenters. The molecule has 1 N–H and O–H groups in total. The van der Waals surface area contributed by atoms with Crippen molar-refractivity contribution in [3.05, 3.63) is 11.1 Å². The van der Waals surface area contributed by atoms with Gasteiger partial charge < -0.3 is 10.1 Å². The lowest BCUT2D eigenvalue weighted by Gasteiger charge is -2.28. The topological polar surface area (TPSA) is 92.1 Å². The maximum atomic E-state index is 12.3. The zero-order valence-electron chi connectivity index (χ0n) is 14.6. The Morgan fingerprint density at radius 2 is 2.17 bits per heavy atom. The second-order valence-corrected chi connectivity index (χ2v) is 8.25. The number of carbonyl (C=O) groups excluding carboxylic acids is 2. The molecule has 2 atom stereocenters. The molecular weight excluding hydrogens is 346 g/mol. The molecule has 1 aromatic rings. The van der Waals surface area contributed by atoms with Gasteiger partial charge in [-0.25, -0.2) is 4.98 Å². The van der Waals surface area contributed by atoms with Crippen molar-refractivity contribution in [1.29, 1.82) is 5.26 Å². The summed E-state index contributed by atoms with van der Waals surface area (Å²) >= 11 is 2.69. The van der Waals surface area contributed by atoms with Crippen LogP contribution in [0.15, 0.2) is 9.72 Å². The van der Waals surface area contributed by atoms with Gasteiger partial charge in [-0.1, -0.05) is 25.6 Å². The molecule has 1 rings (SSSR count). The van der Waals surface area contributed by atoms with Crippen LogP contribution in [0.25, 0.3) is 0 Å². The highest BCUT2D eigenvalue weighted by molar-refractivity contribution is 8.02. The Hall–Kier alpha value is -1.59. The van der Waals surface area contributed by atoms with Gasteiger partial charge in [0.15, 0.2) is 4.34 Å². The first-order valence-corrected chi connectivity index (χ1v) is 9.47. The van der Waals surface area contributed by atoms with E-state index in [4.69, 9.17) is 4.74 Å². The molecule has 1 aromatic heterocycles. The summed E-state index contributed by atoms with van der Waals surface area (Å²) in [5.74, 6) is -0.522. The number of ether oxygens (including phenoxy) is 1. The summed E-state index contributed by atoms with van der Waals surface area (Å²) in [5.41, 5.74) is -0.262. The second kappa shape index (κ2) is 9.04. The summed E-state index contributed by atoms with van der Waals surface area (Å²) in [6.45, 7) is 9.37. The van der Waals surface area contributed by atoms with Crippen LogP contribution in [0.4, 0.5) is 0 Å². The van der Waals surface area contributed by atoms with E-state index in [1.165, 1.54) is 23.1 Å². The summed E-state index contributed by atoms with van der Waals surface area (Å²) in [7, 11) is 0. The highest BCUT2D eigenvalue weighted by atomic mass is 32.2. The van der Waals surface area contributed by atoms with Crippen LogP contribution in [0.5, 0.6) is 0 Å². The van der Waals surface area contributed by atoms with E-state index in [0.717, 1.165) is 0 Å². The fraction of sp³-hybridized carbons (Fsp3) is 0.625. The molecule has 0 saturated heterocycles. The average molecular weight is 370 g/mol. The Balaban J connectivity index is 2.63. The van der Waals surface area contributed by atoms with E-state index in [9.17, 15) is 14.9 Å². The van der Waals surface area contributed by atoms with Crippen molar-refractivity contribution in [1.82, 2.24) is 10.3 Å². The number of carbonyl (C=O) groups is 2. The number of hydrogen-bond donors (Lipinski definition) is 1. The maximum absolute atomic E-state index is 12.3. The van der Waals surface area contributed by atoms with Gasteiger partial charge in [0, 0.05) is 5.38 Å². The zero-order valence-corrected chi connectivity index (χ0v) is 16.2. The van der Waals surface area contributed by atoms with Crippen LogP contribution in [0.1, 0.15) is 40.3 Å². The number of esters is 1. The number of nitriles is 1. The number of aromatic nitrogens is 1. The lowest BCUT2D eigenvalue weighted by molar-refractivity contribution is -0.142. The van der Waals surface area contributed by atoms with Gasteiger partial charge >= 0.3 is 5.97 Å². The van der Waals surface area contributed by atoms with Crippen molar-refractivity contribution in [2.45, 2.75) is 56.2 Å². The number of thioether (sulfide) groups is 1. The SMILES string of the molecule is CCOC(=O)Cc1csc(S[C@H](C)C(=O)N[C@@](C)(C#N)C(C)C)n1. The second-order valence-electron chi connectivity index (χ2n) is 5.80. The fourth-order valence-electron chi connectivity index (χ4n) is 1.65. The first kappa shape index (κ1) is 20.5. The molecule has 0 fully saturated rings. The molecule has 0 spiro atoms. The summed E-state index contributed by atoms with van der Waals surface area (Å²) in [6.07, 6.45) is 0.130. The molecule has 0 aliphatic carbocycles. The van der Waals surface area contributed by atoms with Gasteiger partial charge in [0.1, 0.15) is 5.54 Å². The molecule has 24 heavy (non-hydrogen) atoms. The minimum Gasteiger partial charge on any atom is -0.466 e. The van der Waals surface area contributed by atoms with Crippen LogP contribution in [-0.4, -0.2) is 34.3 Å². The van der Waals surface area contributed by atoms with Crippen molar-refractivity contribution >= 4 is 35.0 Å². The van der Waals surface area contributed by atoms with Gasteiger partial charge in [-0.3, -0.25) is 9.59 Å². The molecule has 6 nitrogen and oxygen atoms in total. The summed E-state index contributed by atoms with van der Waals surface area (Å²) in [4.78, 5) is 28.1. The van der Waals surface area contributed by atoms with Crippen molar-refractivity contribution in [3.63, 3.8) is 0 Å². The summed E-state index contributed by atoms with van der Waals surface area (Å²) in [6, 6.07) is 2.16. The van der Waals surface area contributed by atoms with Crippen LogP contribution >= 0.6 is 23.1 Å². The number of rotatable bonds is 8. The minimum absolute atomic E-state index is 0.000284. The highest BCUT2D eigenvalue weighted by Crippen LogP contribution is 2.28. The predicted molar refractivity (Wildman–Crippen MR) is 94.8 cm³/mol. The molecule has 8 heteroatoms. The van der Waals surface area contributed by atoms with Crippen LogP contribution < -0.4 is 5.32 Å². The Labute approximate surface area is 151 Å². The zero-order chi connectivity index (χ0) is 18.3. The van der Waals surface area contributed by atoms with Crippen molar-refractivity contribution in [3.8, 4) is 6.07 Å². The smallest absolute Gasteiger partial charge is 0.311 e. The van der Waals surface area contributed by atoms with Crippen LogP contribution in [0, 0.1) is 17.2 Å². The quantitative estimate of drug-likeness (QED) is 0.559. The lowest BCUT2D eigenvalue weighted by Crippen LogP contribution is -2.51. The largest absolute Gasteiger partial charge is 0.466 e. The first-order chi connectivity index (χ1) is 11.2. The molecule has 0 radical (unpaired) electrons. The number of nitrogens with zero attached hydrogens (tertiary/aromatic N) is 2. The molecule has 0 saturated carbocycles. The normalized spacial score (nSPS) is 14.5. The van der Waals surface area contributed by atoms with Gasteiger partial charge in [0.25, 0.3) is 0 Å². The molecule has 0 aromatic carbocycles. The number of thiazole rings is 1. The van der Waals surface area contributed by atoms with Gasteiger partial charge in [-0.15, -0.1) is 11.3 Å². The lowest BCUT2D eigenvalue weighted by atomic mass is 9.90. The van der Waals surface area contributed by atoms with Gasteiger partial charge in [0.05, 0.1) is 30.0 Å². The van der Waals surface area contributed by atoms with Gasteiger partial charge in [-0.2, -0.15) is 5.26 Å².